The molecule has 1 aliphatic rings. The number of nitrogens with one attached hydrogen (secondary N) is 1. The van der Waals surface area contributed by atoms with Crippen LogP contribution in [0.25, 0.3) is 12.2 Å². The average molecular weight is 432 g/mol. The van der Waals surface area contributed by atoms with Gasteiger partial charge in [-0.15, -0.1) is 12.6 Å². The van der Waals surface area contributed by atoms with E-state index in [9.17, 15) is 14.4 Å². The third-order valence-corrected chi connectivity index (χ3v) is 5.15. The monoisotopic (exact) mass is 431 g/mol. The molecule has 2 heterocycles. The summed E-state index contributed by atoms with van der Waals surface area (Å²) in [5, 5.41) is 1.46. The van der Waals surface area contributed by atoms with Gasteiger partial charge in [0, 0.05) is 36.7 Å². The molecule has 0 aromatic carbocycles. The van der Waals surface area contributed by atoms with Gasteiger partial charge in [-0.1, -0.05) is 31.7 Å². The molecule has 2 rings (SSSR count). The van der Waals surface area contributed by atoms with E-state index >= 15 is 0 Å². The number of hydrogen-bond acceptors (Lipinski definition) is 6. The Bertz CT molecular complexity index is 1020. The number of anilines is 1. The molecule has 1 N–H and O–H groups in total. The van der Waals surface area contributed by atoms with Crippen LogP contribution in [0.4, 0.5) is 5.69 Å². The van der Waals surface area contributed by atoms with Gasteiger partial charge in [0.05, 0.1) is 17.2 Å². The standard InChI is InChI=1S/C22H29N3O4S/c1-5-9-16-15(7-3)19(18(20(26)23-16)22(28)29-8-4)24-11-13-25(14-12-24)21(27)17(30)10-6-2/h6-7,9-10,30H,2,5,8,11-14H2,1,3-4H3,(H,23,26)/b15-7+,16-9+,17-10-. The van der Waals surface area contributed by atoms with Crippen LogP contribution in [-0.2, 0) is 9.53 Å². The Morgan fingerprint density at radius 1 is 1.23 bits per heavy atom. The van der Waals surface area contributed by atoms with Crippen molar-refractivity contribution in [2.24, 2.45) is 0 Å². The molecule has 0 spiro atoms. The SMILES string of the molecule is C=C/C=C(\S)C(=O)N1CCN(c2c(C(=O)OCC)c(=O)[nH]c(=C/CC)/c2=C\C)CC1. The molecule has 1 aliphatic heterocycles. The van der Waals surface area contributed by atoms with Crippen LogP contribution in [0.2, 0.25) is 0 Å². The maximum atomic E-state index is 12.8. The Hall–Kier alpha value is -2.74. The number of carbonyl (C=O) groups is 2. The zero-order valence-corrected chi connectivity index (χ0v) is 18.6. The number of nitrogens with zero attached hydrogens (tertiary/aromatic N) is 2. The first-order valence-electron chi connectivity index (χ1n) is 10.0. The number of thiol groups is 1. The van der Waals surface area contributed by atoms with E-state index in [4.69, 9.17) is 4.74 Å². The van der Waals surface area contributed by atoms with E-state index in [0.29, 0.717) is 42.1 Å². The maximum Gasteiger partial charge on any atom is 0.345 e. The molecule has 0 bridgehead atoms. The lowest BCUT2D eigenvalue weighted by molar-refractivity contribution is -0.126. The second-order valence-corrected chi connectivity index (χ2v) is 7.18. The van der Waals surface area contributed by atoms with Crippen LogP contribution in [0, 0.1) is 0 Å². The lowest BCUT2D eigenvalue weighted by Gasteiger charge is -2.37. The van der Waals surface area contributed by atoms with E-state index in [1.54, 1.807) is 17.9 Å². The molecule has 0 atom stereocenters. The number of pyridine rings is 1. The van der Waals surface area contributed by atoms with E-state index in [-0.39, 0.29) is 18.1 Å². The summed E-state index contributed by atoms with van der Waals surface area (Å²) in [7, 11) is 0. The summed E-state index contributed by atoms with van der Waals surface area (Å²) in [6.07, 6.45) is 7.61. The minimum atomic E-state index is -0.648. The number of hydrogen-bond donors (Lipinski definition) is 2. The third-order valence-electron chi connectivity index (χ3n) is 4.81. The average Bonchev–Trinajstić information content (AvgIpc) is 2.73. The highest BCUT2D eigenvalue weighted by Gasteiger charge is 2.28. The highest BCUT2D eigenvalue weighted by atomic mass is 32.1. The molecule has 1 aromatic heterocycles. The van der Waals surface area contributed by atoms with E-state index in [1.807, 2.05) is 30.9 Å². The number of esters is 1. The van der Waals surface area contributed by atoms with Gasteiger partial charge in [0.2, 0.25) is 0 Å². The van der Waals surface area contributed by atoms with Crippen molar-refractivity contribution in [3.05, 3.63) is 50.1 Å². The summed E-state index contributed by atoms with van der Waals surface area (Å²) in [5.41, 5.74) is 0.0810. The molecule has 30 heavy (non-hydrogen) atoms. The third kappa shape index (κ3) is 5.05. The normalized spacial score (nSPS) is 16.1. The number of carbonyl (C=O) groups excluding carboxylic acids is 2. The van der Waals surface area contributed by atoms with Crippen LogP contribution >= 0.6 is 12.6 Å². The predicted molar refractivity (Wildman–Crippen MR) is 123 cm³/mol. The number of ether oxygens (including phenoxy) is 1. The Morgan fingerprint density at radius 2 is 1.90 bits per heavy atom. The first kappa shape index (κ1) is 23.5. The number of aromatic amines is 1. The highest BCUT2D eigenvalue weighted by Crippen LogP contribution is 2.17. The van der Waals surface area contributed by atoms with Crippen molar-refractivity contribution in [2.75, 3.05) is 37.7 Å². The molecular formula is C22H29N3O4S. The highest BCUT2D eigenvalue weighted by molar-refractivity contribution is 7.85. The number of amides is 1. The maximum absolute atomic E-state index is 12.8. The van der Waals surface area contributed by atoms with Crippen molar-refractivity contribution in [3.63, 3.8) is 0 Å². The number of allylic oxidation sites excluding steroid dienone is 2. The molecule has 162 valence electrons. The van der Waals surface area contributed by atoms with Crippen LogP contribution in [0.15, 0.2) is 28.4 Å². The molecule has 1 amide bonds. The Balaban J connectivity index is 2.51. The van der Waals surface area contributed by atoms with Crippen molar-refractivity contribution in [3.8, 4) is 0 Å². The van der Waals surface area contributed by atoms with E-state index in [1.165, 1.54) is 6.08 Å². The van der Waals surface area contributed by atoms with Gasteiger partial charge in [0.25, 0.3) is 11.5 Å². The number of aromatic nitrogens is 1. The van der Waals surface area contributed by atoms with E-state index < -0.39 is 11.5 Å². The molecule has 1 saturated heterocycles. The summed E-state index contributed by atoms with van der Waals surface area (Å²) in [6, 6.07) is 0. The Morgan fingerprint density at radius 3 is 2.43 bits per heavy atom. The van der Waals surface area contributed by atoms with Gasteiger partial charge >= 0.3 is 5.97 Å². The minimum absolute atomic E-state index is 0.000540. The second-order valence-electron chi connectivity index (χ2n) is 6.69. The first-order valence-corrected chi connectivity index (χ1v) is 10.5. The van der Waals surface area contributed by atoms with Crippen molar-refractivity contribution in [1.29, 1.82) is 0 Å². The summed E-state index contributed by atoms with van der Waals surface area (Å²) in [5.74, 6) is -0.818. The van der Waals surface area contributed by atoms with Gasteiger partial charge in [-0.3, -0.25) is 9.59 Å². The smallest absolute Gasteiger partial charge is 0.345 e. The number of H-pyrrole nitrogens is 1. The van der Waals surface area contributed by atoms with Crippen LogP contribution in [0.5, 0.6) is 0 Å². The lowest BCUT2D eigenvalue weighted by atomic mass is 10.1. The fraction of sp³-hybridized carbons (Fsp3) is 0.409. The number of piperazine rings is 1. The minimum Gasteiger partial charge on any atom is -0.462 e. The van der Waals surface area contributed by atoms with Crippen molar-refractivity contribution >= 4 is 42.3 Å². The Labute approximate surface area is 181 Å². The fourth-order valence-electron chi connectivity index (χ4n) is 3.48. The lowest BCUT2D eigenvalue weighted by Crippen LogP contribution is -2.52. The molecule has 1 aromatic rings. The van der Waals surface area contributed by atoms with Crippen molar-refractivity contribution < 1.29 is 14.3 Å². The zero-order valence-electron chi connectivity index (χ0n) is 17.7. The van der Waals surface area contributed by atoms with Gasteiger partial charge < -0.3 is 19.5 Å². The van der Waals surface area contributed by atoms with Gasteiger partial charge in [-0.2, -0.15) is 0 Å². The quantitative estimate of drug-likeness (QED) is 0.306. The van der Waals surface area contributed by atoms with Crippen LogP contribution in [0.3, 0.4) is 0 Å². The molecule has 8 heteroatoms. The molecule has 0 aliphatic carbocycles. The largest absolute Gasteiger partial charge is 0.462 e. The van der Waals surface area contributed by atoms with Crippen molar-refractivity contribution in [1.82, 2.24) is 9.88 Å². The molecule has 0 unspecified atom stereocenters. The first-order chi connectivity index (χ1) is 14.4. The second kappa shape index (κ2) is 10.9. The Kier molecular flexibility index (Phi) is 8.53. The summed E-state index contributed by atoms with van der Waals surface area (Å²) in [6.45, 7) is 11.1. The van der Waals surface area contributed by atoms with Gasteiger partial charge in [0.1, 0.15) is 5.56 Å². The molecule has 1 fully saturated rings. The van der Waals surface area contributed by atoms with Crippen LogP contribution in [-0.4, -0.2) is 54.5 Å². The summed E-state index contributed by atoms with van der Waals surface area (Å²) in [4.78, 5) is 44.7. The van der Waals surface area contributed by atoms with Crippen LogP contribution < -0.4 is 21.0 Å². The van der Waals surface area contributed by atoms with Gasteiger partial charge in [-0.05, 0) is 26.3 Å². The van der Waals surface area contributed by atoms with Gasteiger partial charge in [-0.25, -0.2) is 4.79 Å². The molecule has 0 saturated carbocycles. The van der Waals surface area contributed by atoms with E-state index in [2.05, 4.69) is 24.2 Å². The van der Waals surface area contributed by atoms with Gasteiger partial charge in [0.15, 0.2) is 0 Å². The summed E-state index contributed by atoms with van der Waals surface area (Å²) < 4.78 is 5.16. The van der Waals surface area contributed by atoms with Crippen LogP contribution in [0.1, 0.15) is 37.6 Å². The predicted octanol–water partition coefficient (Wildman–Crippen LogP) is 1.19. The molecule has 7 nitrogen and oxygen atoms in total. The van der Waals surface area contributed by atoms with E-state index in [0.717, 1.165) is 11.6 Å². The summed E-state index contributed by atoms with van der Waals surface area (Å²) >= 11 is 4.23. The molecule has 0 radical (unpaired) electrons. The van der Waals surface area contributed by atoms with Crippen molar-refractivity contribution in [2.45, 2.75) is 27.2 Å². The number of rotatable bonds is 6. The fourth-order valence-corrected chi connectivity index (χ4v) is 3.73. The topological polar surface area (TPSA) is 82.7 Å². The molecular weight excluding hydrogens is 402 g/mol. The zero-order chi connectivity index (χ0) is 22.3.